The summed E-state index contributed by atoms with van der Waals surface area (Å²) in [4.78, 5) is 6.70. The summed E-state index contributed by atoms with van der Waals surface area (Å²) in [7, 11) is 1.66. The van der Waals surface area contributed by atoms with Gasteiger partial charge >= 0.3 is 0 Å². The molecule has 0 radical (unpaired) electrons. The van der Waals surface area contributed by atoms with E-state index in [2.05, 4.69) is 53.2 Å². The number of hydrogen-bond acceptors (Lipinski definition) is 3. The SMILES string of the molecule is CCCN(CCc1ccccc1)CCc1ccnc(OC)c1. The highest BCUT2D eigenvalue weighted by Gasteiger charge is 2.05. The van der Waals surface area contributed by atoms with E-state index < -0.39 is 0 Å². The monoisotopic (exact) mass is 298 g/mol. The van der Waals surface area contributed by atoms with Crippen molar-refractivity contribution in [2.24, 2.45) is 0 Å². The Morgan fingerprint density at radius 2 is 1.68 bits per heavy atom. The van der Waals surface area contributed by atoms with Gasteiger partial charge in [0.15, 0.2) is 0 Å². The van der Waals surface area contributed by atoms with Crippen molar-refractivity contribution in [2.75, 3.05) is 26.7 Å². The molecule has 0 spiro atoms. The summed E-state index contributed by atoms with van der Waals surface area (Å²) in [6, 6.07) is 14.8. The molecule has 2 aromatic rings. The first kappa shape index (κ1) is 16.5. The lowest BCUT2D eigenvalue weighted by Crippen LogP contribution is -2.29. The lowest BCUT2D eigenvalue weighted by molar-refractivity contribution is 0.281. The summed E-state index contributed by atoms with van der Waals surface area (Å²) >= 11 is 0. The number of pyridine rings is 1. The van der Waals surface area contributed by atoms with E-state index in [1.54, 1.807) is 7.11 Å². The van der Waals surface area contributed by atoms with Gasteiger partial charge in [0.05, 0.1) is 7.11 Å². The first-order chi connectivity index (χ1) is 10.8. The minimum absolute atomic E-state index is 0.698. The fraction of sp³-hybridized carbons (Fsp3) is 0.421. The van der Waals surface area contributed by atoms with Gasteiger partial charge in [-0.05, 0) is 43.0 Å². The van der Waals surface area contributed by atoms with Gasteiger partial charge in [-0.1, -0.05) is 37.3 Å². The van der Waals surface area contributed by atoms with Crippen molar-refractivity contribution in [1.29, 1.82) is 0 Å². The Morgan fingerprint density at radius 1 is 0.955 bits per heavy atom. The van der Waals surface area contributed by atoms with Crippen molar-refractivity contribution < 1.29 is 4.74 Å². The zero-order valence-electron chi connectivity index (χ0n) is 13.7. The van der Waals surface area contributed by atoms with Gasteiger partial charge in [0.2, 0.25) is 5.88 Å². The molecular weight excluding hydrogens is 272 g/mol. The molecule has 0 aliphatic rings. The molecule has 0 saturated carbocycles. The zero-order chi connectivity index (χ0) is 15.6. The second-order valence-corrected chi connectivity index (χ2v) is 5.53. The van der Waals surface area contributed by atoms with Gasteiger partial charge in [-0.15, -0.1) is 0 Å². The molecule has 0 saturated heterocycles. The quantitative estimate of drug-likeness (QED) is 0.707. The molecule has 0 amide bonds. The summed E-state index contributed by atoms with van der Waals surface area (Å²) in [5.74, 6) is 0.698. The van der Waals surface area contributed by atoms with Crippen molar-refractivity contribution in [3.63, 3.8) is 0 Å². The van der Waals surface area contributed by atoms with E-state index >= 15 is 0 Å². The highest BCUT2D eigenvalue weighted by Crippen LogP contribution is 2.10. The van der Waals surface area contributed by atoms with Gasteiger partial charge in [0, 0.05) is 25.4 Å². The third kappa shape index (κ3) is 5.49. The van der Waals surface area contributed by atoms with E-state index in [1.807, 2.05) is 12.3 Å². The van der Waals surface area contributed by atoms with Gasteiger partial charge in [-0.3, -0.25) is 0 Å². The molecule has 0 bridgehead atoms. The Morgan fingerprint density at radius 3 is 2.36 bits per heavy atom. The van der Waals surface area contributed by atoms with Gasteiger partial charge in [0.25, 0.3) is 0 Å². The van der Waals surface area contributed by atoms with Crippen molar-refractivity contribution in [1.82, 2.24) is 9.88 Å². The fourth-order valence-corrected chi connectivity index (χ4v) is 2.59. The maximum absolute atomic E-state index is 5.19. The molecule has 0 atom stereocenters. The number of nitrogens with zero attached hydrogens (tertiary/aromatic N) is 2. The predicted molar refractivity (Wildman–Crippen MR) is 91.4 cm³/mol. The third-order valence-electron chi connectivity index (χ3n) is 3.82. The second-order valence-electron chi connectivity index (χ2n) is 5.53. The van der Waals surface area contributed by atoms with Gasteiger partial charge < -0.3 is 9.64 Å². The molecule has 22 heavy (non-hydrogen) atoms. The van der Waals surface area contributed by atoms with Crippen LogP contribution < -0.4 is 4.74 Å². The smallest absolute Gasteiger partial charge is 0.213 e. The number of aromatic nitrogens is 1. The van der Waals surface area contributed by atoms with Crippen molar-refractivity contribution in [2.45, 2.75) is 26.2 Å². The summed E-state index contributed by atoms with van der Waals surface area (Å²) in [5.41, 5.74) is 2.70. The van der Waals surface area contributed by atoms with E-state index in [0.29, 0.717) is 5.88 Å². The Balaban J connectivity index is 1.85. The summed E-state index contributed by atoms with van der Waals surface area (Å²) in [6.07, 6.45) is 5.16. The van der Waals surface area contributed by atoms with Crippen LogP contribution in [0.5, 0.6) is 5.88 Å². The molecule has 0 N–H and O–H groups in total. The van der Waals surface area contributed by atoms with Crippen molar-refractivity contribution >= 4 is 0 Å². The Labute approximate surface area is 134 Å². The zero-order valence-corrected chi connectivity index (χ0v) is 13.7. The third-order valence-corrected chi connectivity index (χ3v) is 3.82. The van der Waals surface area contributed by atoms with Crippen LogP contribution in [0.15, 0.2) is 48.7 Å². The summed E-state index contributed by atoms with van der Waals surface area (Å²) in [5, 5.41) is 0. The van der Waals surface area contributed by atoms with Crippen LogP contribution in [0.1, 0.15) is 24.5 Å². The van der Waals surface area contributed by atoms with E-state index in [-0.39, 0.29) is 0 Å². The highest BCUT2D eigenvalue weighted by molar-refractivity contribution is 5.20. The number of benzene rings is 1. The molecule has 3 nitrogen and oxygen atoms in total. The lowest BCUT2D eigenvalue weighted by atomic mass is 10.1. The minimum Gasteiger partial charge on any atom is -0.481 e. The Hall–Kier alpha value is -1.87. The molecule has 0 aliphatic carbocycles. The average Bonchev–Trinajstić information content (AvgIpc) is 2.58. The maximum Gasteiger partial charge on any atom is 0.213 e. The fourth-order valence-electron chi connectivity index (χ4n) is 2.59. The molecular formula is C19H26N2O. The van der Waals surface area contributed by atoms with Crippen LogP contribution >= 0.6 is 0 Å². The molecule has 1 aromatic carbocycles. The largest absolute Gasteiger partial charge is 0.481 e. The molecule has 2 rings (SSSR count). The average molecular weight is 298 g/mol. The van der Waals surface area contributed by atoms with E-state index in [4.69, 9.17) is 4.74 Å². The normalized spacial score (nSPS) is 10.9. The van der Waals surface area contributed by atoms with Gasteiger partial charge in [-0.25, -0.2) is 4.98 Å². The van der Waals surface area contributed by atoms with Crippen molar-refractivity contribution in [3.05, 3.63) is 59.8 Å². The Bertz CT molecular complexity index is 542. The van der Waals surface area contributed by atoms with E-state index in [1.165, 1.54) is 17.5 Å². The topological polar surface area (TPSA) is 25.4 Å². The molecule has 1 heterocycles. The summed E-state index contributed by atoms with van der Waals surface area (Å²) in [6.45, 7) is 5.58. The van der Waals surface area contributed by atoms with Gasteiger partial charge in [0.1, 0.15) is 0 Å². The van der Waals surface area contributed by atoms with Gasteiger partial charge in [-0.2, -0.15) is 0 Å². The number of ether oxygens (including phenoxy) is 1. The van der Waals surface area contributed by atoms with Crippen LogP contribution in [-0.4, -0.2) is 36.6 Å². The lowest BCUT2D eigenvalue weighted by Gasteiger charge is -2.21. The van der Waals surface area contributed by atoms with Crippen LogP contribution in [0.3, 0.4) is 0 Å². The molecule has 0 unspecified atom stereocenters. The first-order valence-corrected chi connectivity index (χ1v) is 8.07. The minimum atomic E-state index is 0.698. The molecule has 1 aromatic heterocycles. The van der Waals surface area contributed by atoms with Crippen LogP contribution in [-0.2, 0) is 12.8 Å². The number of methoxy groups -OCH3 is 1. The van der Waals surface area contributed by atoms with E-state index in [0.717, 1.165) is 32.5 Å². The van der Waals surface area contributed by atoms with Crippen LogP contribution in [0.2, 0.25) is 0 Å². The Kier molecular flexibility index (Phi) is 6.91. The maximum atomic E-state index is 5.19. The van der Waals surface area contributed by atoms with Crippen LogP contribution in [0, 0.1) is 0 Å². The number of rotatable bonds is 9. The molecule has 0 fully saturated rings. The molecule has 3 heteroatoms. The second kappa shape index (κ2) is 9.21. The standard InChI is InChI=1S/C19H26N2O/c1-3-13-21(14-10-17-7-5-4-6-8-17)15-11-18-9-12-20-19(16-18)22-2/h4-9,12,16H,3,10-11,13-15H2,1-2H3. The van der Waals surface area contributed by atoms with Crippen LogP contribution in [0.4, 0.5) is 0 Å². The van der Waals surface area contributed by atoms with Crippen molar-refractivity contribution in [3.8, 4) is 5.88 Å². The van der Waals surface area contributed by atoms with Crippen LogP contribution in [0.25, 0.3) is 0 Å². The molecule has 118 valence electrons. The predicted octanol–water partition coefficient (Wildman–Crippen LogP) is 3.59. The first-order valence-electron chi connectivity index (χ1n) is 8.07. The molecule has 0 aliphatic heterocycles. The summed E-state index contributed by atoms with van der Waals surface area (Å²) < 4.78 is 5.19. The number of hydrogen-bond donors (Lipinski definition) is 0. The van der Waals surface area contributed by atoms with E-state index in [9.17, 15) is 0 Å². The highest BCUT2D eigenvalue weighted by atomic mass is 16.5.